The molecule has 0 aliphatic rings. The van der Waals surface area contributed by atoms with E-state index in [1.807, 2.05) is 19.9 Å². The first-order chi connectivity index (χ1) is 6.91. The number of nitro groups is 1. The minimum absolute atomic E-state index is 0.256. The van der Waals surface area contributed by atoms with Gasteiger partial charge in [0.05, 0.1) is 4.92 Å². The lowest BCUT2D eigenvalue weighted by atomic mass is 9.97. The van der Waals surface area contributed by atoms with Gasteiger partial charge in [-0.1, -0.05) is 13.8 Å². The number of hydrogen-bond donors (Lipinski definition) is 0. The fourth-order valence-corrected chi connectivity index (χ4v) is 1.63. The Morgan fingerprint density at radius 3 is 2.27 bits per heavy atom. The summed E-state index contributed by atoms with van der Waals surface area (Å²) in [6, 6.07) is 3.61. The van der Waals surface area contributed by atoms with Gasteiger partial charge in [0, 0.05) is 11.6 Å². The van der Waals surface area contributed by atoms with Crippen molar-refractivity contribution >= 4 is 5.69 Å². The van der Waals surface area contributed by atoms with Crippen LogP contribution >= 0.6 is 0 Å². The van der Waals surface area contributed by atoms with E-state index in [9.17, 15) is 10.1 Å². The van der Waals surface area contributed by atoms with Crippen molar-refractivity contribution in [2.75, 3.05) is 0 Å². The van der Waals surface area contributed by atoms with E-state index in [1.54, 1.807) is 6.07 Å². The quantitative estimate of drug-likeness (QED) is 0.563. The summed E-state index contributed by atoms with van der Waals surface area (Å²) >= 11 is 0. The Hall–Kier alpha value is -1.38. The molecule has 1 rings (SSSR count). The number of aryl methyl sites for hydroxylation is 2. The SMILES string of the molecule is Cc1cc(CC(C)C)c([N+](=O)[O-])cc1C. The molecule has 0 heterocycles. The minimum atomic E-state index is -0.288. The molecular formula is C12H17NO2. The van der Waals surface area contributed by atoms with Crippen LogP contribution in [0.5, 0.6) is 0 Å². The lowest BCUT2D eigenvalue weighted by Gasteiger charge is -2.08. The molecule has 15 heavy (non-hydrogen) atoms. The lowest BCUT2D eigenvalue weighted by molar-refractivity contribution is -0.385. The molecule has 0 amide bonds. The summed E-state index contributed by atoms with van der Waals surface area (Å²) in [6.45, 7) is 8.03. The van der Waals surface area contributed by atoms with E-state index in [2.05, 4.69) is 13.8 Å². The summed E-state index contributed by atoms with van der Waals surface area (Å²) in [7, 11) is 0. The highest BCUT2D eigenvalue weighted by Gasteiger charge is 2.15. The molecule has 0 saturated carbocycles. The van der Waals surface area contributed by atoms with Crippen molar-refractivity contribution in [1.29, 1.82) is 0 Å². The molecule has 0 N–H and O–H groups in total. The Morgan fingerprint density at radius 2 is 1.80 bits per heavy atom. The third-order valence-corrected chi connectivity index (χ3v) is 2.52. The van der Waals surface area contributed by atoms with Gasteiger partial charge < -0.3 is 0 Å². The molecule has 3 nitrogen and oxygen atoms in total. The third-order valence-electron chi connectivity index (χ3n) is 2.52. The Bertz CT molecular complexity index is 383. The maximum Gasteiger partial charge on any atom is 0.272 e. The summed E-state index contributed by atoms with van der Waals surface area (Å²) in [5.74, 6) is 0.436. The van der Waals surface area contributed by atoms with Crippen molar-refractivity contribution in [1.82, 2.24) is 0 Å². The maximum absolute atomic E-state index is 10.9. The topological polar surface area (TPSA) is 43.1 Å². The van der Waals surface area contributed by atoms with Crippen LogP contribution < -0.4 is 0 Å². The number of hydrogen-bond acceptors (Lipinski definition) is 2. The van der Waals surface area contributed by atoms with Crippen LogP contribution in [0.3, 0.4) is 0 Å². The second kappa shape index (κ2) is 4.43. The van der Waals surface area contributed by atoms with E-state index in [-0.39, 0.29) is 10.6 Å². The van der Waals surface area contributed by atoms with Crippen LogP contribution in [0.1, 0.15) is 30.5 Å². The molecule has 82 valence electrons. The monoisotopic (exact) mass is 207 g/mol. The van der Waals surface area contributed by atoms with Crippen molar-refractivity contribution < 1.29 is 4.92 Å². The van der Waals surface area contributed by atoms with E-state index in [4.69, 9.17) is 0 Å². The van der Waals surface area contributed by atoms with Gasteiger partial charge in [0.2, 0.25) is 0 Å². The smallest absolute Gasteiger partial charge is 0.258 e. The molecule has 1 aromatic rings. The van der Waals surface area contributed by atoms with Crippen LogP contribution in [0.25, 0.3) is 0 Å². The number of benzene rings is 1. The van der Waals surface area contributed by atoms with E-state index in [0.717, 1.165) is 23.1 Å². The van der Waals surface area contributed by atoms with Crippen molar-refractivity contribution in [2.24, 2.45) is 5.92 Å². The summed E-state index contributed by atoms with van der Waals surface area (Å²) in [6.07, 6.45) is 0.761. The number of nitrogens with zero attached hydrogens (tertiary/aromatic N) is 1. The zero-order valence-corrected chi connectivity index (χ0v) is 9.70. The third kappa shape index (κ3) is 2.78. The van der Waals surface area contributed by atoms with Gasteiger partial charge in [0.15, 0.2) is 0 Å². The Kier molecular flexibility index (Phi) is 3.45. The summed E-state index contributed by atoms with van der Waals surface area (Å²) in [5.41, 5.74) is 3.20. The normalized spacial score (nSPS) is 10.7. The molecule has 0 aliphatic heterocycles. The molecule has 3 heteroatoms. The minimum Gasteiger partial charge on any atom is -0.258 e. The second-order valence-corrected chi connectivity index (χ2v) is 4.42. The first kappa shape index (κ1) is 11.7. The molecule has 0 bridgehead atoms. The maximum atomic E-state index is 10.9. The predicted molar refractivity (Wildman–Crippen MR) is 61.1 cm³/mol. The second-order valence-electron chi connectivity index (χ2n) is 4.42. The Labute approximate surface area is 90.3 Å². The molecule has 0 radical (unpaired) electrons. The average molecular weight is 207 g/mol. The lowest BCUT2D eigenvalue weighted by Crippen LogP contribution is -2.01. The van der Waals surface area contributed by atoms with Crippen LogP contribution in [0.4, 0.5) is 5.69 Å². The van der Waals surface area contributed by atoms with Crippen molar-refractivity contribution in [3.63, 3.8) is 0 Å². The van der Waals surface area contributed by atoms with Gasteiger partial charge in [-0.2, -0.15) is 0 Å². The Balaban J connectivity index is 3.22. The van der Waals surface area contributed by atoms with Gasteiger partial charge in [-0.25, -0.2) is 0 Å². The fourth-order valence-electron chi connectivity index (χ4n) is 1.63. The highest BCUT2D eigenvalue weighted by atomic mass is 16.6. The van der Waals surface area contributed by atoms with Gasteiger partial charge in [-0.15, -0.1) is 0 Å². The highest BCUT2D eigenvalue weighted by Crippen LogP contribution is 2.25. The summed E-state index contributed by atoms with van der Waals surface area (Å²) in [5, 5.41) is 10.9. The van der Waals surface area contributed by atoms with Crippen molar-refractivity contribution in [3.8, 4) is 0 Å². The number of nitro benzene ring substituents is 1. The standard InChI is InChI=1S/C12H17NO2/c1-8(2)5-11-6-9(3)10(4)7-12(11)13(14)15/h6-8H,5H2,1-4H3. The van der Waals surface area contributed by atoms with Crippen molar-refractivity contribution in [2.45, 2.75) is 34.1 Å². The molecule has 0 fully saturated rings. The van der Waals surface area contributed by atoms with E-state index in [0.29, 0.717) is 5.92 Å². The first-order valence-electron chi connectivity index (χ1n) is 5.16. The van der Waals surface area contributed by atoms with E-state index in [1.165, 1.54) is 0 Å². The van der Waals surface area contributed by atoms with E-state index < -0.39 is 0 Å². The van der Waals surface area contributed by atoms with Gasteiger partial charge in [0.25, 0.3) is 5.69 Å². The zero-order chi connectivity index (χ0) is 11.6. The van der Waals surface area contributed by atoms with Gasteiger partial charge in [0.1, 0.15) is 0 Å². The summed E-state index contributed by atoms with van der Waals surface area (Å²) < 4.78 is 0. The molecule has 0 atom stereocenters. The molecule has 0 aromatic heterocycles. The zero-order valence-electron chi connectivity index (χ0n) is 9.70. The highest BCUT2D eigenvalue weighted by molar-refractivity contribution is 5.46. The van der Waals surface area contributed by atoms with Crippen LogP contribution in [0.15, 0.2) is 12.1 Å². The predicted octanol–water partition coefficient (Wildman–Crippen LogP) is 3.41. The number of rotatable bonds is 3. The largest absolute Gasteiger partial charge is 0.272 e. The van der Waals surface area contributed by atoms with Gasteiger partial charge in [-0.3, -0.25) is 10.1 Å². The van der Waals surface area contributed by atoms with Crippen LogP contribution in [0, 0.1) is 29.9 Å². The molecule has 0 unspecified atom stereocenters. The van der Waals surface area contributed by atoms with Crippen LogP contribution in [0.2, 0.25) is 0 Å². The average Bonchev–Trinajstić information content (AvgIpc) is 2.09. The fraction of sp³-hybridized carbons (Fsp3) is 0.500. The van der Waals surface area contributed by atoms with Crippen LogP contribution in [-0.2, 0) is 6.42 Å². The van der Waals surface area contributed by atoms with E-state index >= 15 is 0 Å². The summed E-state index contributed by atoms with van der Waals surface area (Å²) in [4.78, 5) is 10.6. The molecule has 0 spiro atoms. The first-order valence-corrected chi connectivity index (χ1v) is 5.16. The molecular weight excluding hydrogens is 190 g/mol. The Morgan fingerprint density at radius 1 is 1.27 bits per heavy atom. The van der Waals surface area contributed by atoms with Crippen molar-refractivity contribution in [3.05, 3.63) is 38.9 Å². The molecule has 1 aromatic carbocycles. The van der Waals surface area contributed by atoms with Gasteiger partial charge >= 0.3 is 0 Å². The van der Waals surface area contributed by atoms with Crippen LogP contribution in [-0.4, -0.2) is 4.92 Å². The molecule has 0 aliphatic carbocycles. The van der Waals surface area contributed by atoms with Gasteiger partial charge in [-0.05, 0) is 43.4 Å². The molecule has 0 saturated heterocycles.